The predicted octanol–water partition coefficient (Wildman–Crippen LogP) is 3.80. The molecule has 4 amide bonds. The Labute approximate surface area is 237 Å². The zero-order valence-corrected chi connectivity index (χ0v) is 23.4. The molecule has 1 atom stereocenters. The van der Waals surface area contributed by atoms with E-state index in [2.05, 4.69) is 26.5 Å². The number of ether oxygens (including phenoxy) is 2. The number of halogens is 2. The van der Waals surface area contributed by atoms with E-state index in [1.54, 1.807) is 0 Å². The van der Waals surface area contributed by atoms with Crippen LogP contribution in [0.1, 0.15) is 31.9 Å². The predicted molar refractivity (Wildman–Crippen MR) is 148 cm³/mol. The molecule has 0 aromatic heterocycles. The maximum absolute atomic E-state index is 14.1. The highest BCUT2D eigenvalue weighted by atomic mass is 19.2. The van der Waals surface area contributed by atoms with Gasteiger partial charge in [-0.2, -0.15) is 0 Å². The first-order valence-electron chi connectivity index (χ1n) is 13.6. The summed E-state index contributed by atoms with van der Waals surface area (Å²) in [5.41, 5.74) is 1.23. The van der Waals surface area contributed by atoms with E-state index < -0.39 is 35.7 Å². The molecule has 2 aromatic rings. The van der Waals surface area contributed by atoms with Crippen LogP contribution in [0.2, 0.25) is 0 Å². The highest BCUT2D eigenvalue weighted by Gasteiger charge is 2.42. The second-order valence-electron chi connectivity index (χ2n) is 9.72. The van der Waals surface area contributed by atoms with E-state index in [1.807, 2.05) is 25.1 Å². The molecule has 12 heteroatoms. The number of rotatable bonds is 9. The molecule has 1 unspecified atom stereocenters. The first-order chi connectivity index (χ1) is 19.7. The summed E-state index contributed by atoms with van der Waals surface area (Å²) in [6.07, 6.45) is 0.616. The fraction of sp³-hybridized carbons (Fsp3) is 0.414. The minimum absolute atomic E-state index is 0.0532. The number of carbonyl (C=O) groups excluding carboxylic acids is 3. The molecule has 2 aromatic carbocycles. The van der Waals surface area contributed by atoms with Crippen molar-refractivity contribution in [3.8, 4) is 5.75 Å². The number of allylic oxidation sites excluding steroid dienone is 1. The molecular formula is C29H35F2N5O5. The number of nitrogens with one attached hydrogen (secondary N) is 2. The summed E-state index contributed by atoms with van der Waals surface area (Å²) in [4.78, 5) is 44.1. The Morgan fingerprint density at radius 3 is 2.49 bits per heavy atom. The minimum atomic E-state index is -1.31. The topological polar surface area (TPSA) is 103 Å². The number of imide groups is 1. The molecule has 0 spiro atoms. The molecule has 220 valence electrons. The average molecular weight is 572 g/mol. The van der Waals surface area contributed by atoms with Crippen LogP contribution in [0.3, 0.4) is 0 Å². The number of benzene rings is 2. The summed E-state index contributed by atoms with van der Waals surface area (Å²) in [6, 6.07) is 8.08. The van der Waals surface area contributed by atoms with Gasteiger partial charge in [0.25, 0.3) is 0 Å². The number of para-hydroxylation sites is 2. The molecule has 0 radical (unpaired) electrons. The quantitative estimate of drug-likeness (QED) is 0.349. The van der Waals surface area contributed by atoms with Crippen LogP contribution in [0, 0.1) is 11.6 Å². The lowest BCUT2D eigenvalue weighted by atomic mass is 9.94. The van der Waals surface area contributed by atoms with Crippen molar-refractivity contribution < 1.29 is 32.6 Å². The van der Waals surface area contributed by atoms with Crippen LogP contribution in [0.25, 0.3) is 0 Å². The third kappa shape index (κ3) is 6.76. The van der Waals surface area contributed by atoms with Crippen LogP contribution in [-0.2, 0) is 9.53 Å². The van der Waals surface area contributed by atoms with Gasteiger partial charge in [-0.1, -0.05) is 18.2 Å². The Kier molecular flexibility index (Phi) is 9.77. The number of esters is 1. The first kappa shape index (κ1) is 29.8. The third-order valence-electron chi connectivity index (χ3n) is 7.14. The number of nitrogens with zero attached hydrogens (tertiary/aromatic N) is 3. The molecule has 2 aliphatic rings. The Morgan fingerprint density at radius 1 is 1.07 bits per heavy atom. The smallest absolute Gasteiger partial charge is 0.337 e. The van der Waals surface area contributed by atoms with Crippen molar-refractivity contribution in [3.63, 3.8) is 0 Å². The maximum Gasteiger partial charge on any atom is 0.337 e. The normalized spacial score (nSPS) is 17.8. The Morgan fingerprint density at radius 2 is 1.80 bits per heavy atom. The fourth-order valence-corrected chi connectivity index (χ4v) is 5.11. The maximum atomic E-state index is 14.1. The van der Waals surface area contributed by atoms with Gasteiger partial charge in [-0.05, 0) is 56.6 Å². The number of carbonyl (C=O) groups is 3. The highest BCUT2D eigenvalue weighted by Crippen LogP contribution is 2.35. The van der Waals surface area contributed by atoms with E-state index in [0.29, 0.717) is 13.0 Å². The van der Waals surface area contributed by atoms with Gasteiger partial charge in [0.2, 0.25) is 0 Å². The van der Waals surface area contributed by atoms with Crippen molar-refractivity contribution in [1.82, 2.24) is 20.4 Å². The van der Waals surface area contributed by atoms with Gasteiger partial charge in [0.15, 0.2) is 11.6 Å². The largest absolute Gasteiger partial charge is 0.492 e. The zero-order chi connectivity index (χ0) is 29.5. The number of amides is 4. The van der Waals surface area contributed by atoms with Gasteiger partial charge in [-0.3, -0.25) is 4.90 Å². The average Bonchev–Trinajstić information content (AvgIpc) is 2.97. The van der Waals surface area contributed by atoms with Crippen molar-refractivity contribution in [2.75, 3.05) is 57.9 Å². The van der Waals surface area contributed by atoms with Crippen LogP contribution >= 0.6 is 0 Å². The summed E-state index contributed by atoms with van der Waals surface area (Å²) in [6.45, 7) is 8.38. The molecular weight excluding hydrogens is 536 g/mol. The van der Waals surface area contributed by atoms with Gasteiger partial charge >= 0.3 is 18.0 Å². The molecule has 1 fully saturated rings. The molecule has 10 nitrogen and oxygen atoms in total. The Hall–Kier alpha value is -4.19. The van der Waals surface area contributed by atoms with Crippen molar-refractivity contribution in [2.45, 2.75) is 26.3 Å². The second-order valence-corrected chi connectivity index (χ2v) is 9.72. The molecule has 1 saturated heterocycles. The molecule has 2 heterocycles. The van der Waals surface area contributed by atoms with Gasteiger partial charge in [-0.25, -0.2) is 28.1 Å². The number of hydrogen-bond acceptors (Lipinski definition) is 7. The number of piperazine rings is 1. The molecule has 0 aliphatic carbocycles. The molecule has 2 aliphatic heterocycles. The van der Waals surface area contributed by atoms with E-state index in [4.69, 9.17) is 9.47 Å². The molecule has 4 rings (SSSR count). The third-order valence-corrected chi connectivity index (χ3v) is 7.14. The standard InChI is InChI=1S/C29H35F2N5O5/c1-4-41-24-9-6-5-8-23(24)35-16-14-34(15-17-35)13-7-12-32-28(38)36-26(20-10-11-21(30)22(31)18-20)25(27(37)40-3)19(2)33-29(36)39/h5-6,8-11,18,26H,4,7,12-17H2,1-3H3,(H,32,38)(H,33,39). The van der Waals surface area contributed by atoms with Gasteiger partial charge in [0.1, 0.15) is 11.8 Å². The lowest BCUT2D eigenvalue weighted by molar-refractivity contribution is -0.136. The number of anilines is 1. The highest BCUT2D eigenvalue weighted by molar-refractivity contribution is 6.01. The summed E-state index contributed by atoms with van der Waals surface area (Å²) in [7, 11) is 1.16. The summed E-state index contributed by atoms with van der Waals surface area (Å²) in [5.74, 6) is -2.20. The summed E-state index contributed by atoms with van der Waals surface area (Å²) < 4.78 is 38.4. The molecule has 0 saturated carbocycles. The van der Waals surface area contributed by atoms with Crippen molar-refractivity contribution in [1.29, 1.82) is 0 Å². The van der Waals surface area contributed by atoms with E-state index >= 15 is 0 Å². The molecule has 0 bridgehead atoms. The van der Waals surface area contributed by atoms with Gasteiger partial charge < -0.3 is 25.0 Å². The van der Waals surface area contributed by atoms with Gasteiger partial charge in [0.05, 0.1) is 25.0 Å². The number of methoxy groups -OCH3 is 1. The molecule has 41 heavy (non-hydrogen) atoms. The minimum Gasteiger partial charge on any atom is -0.492 e. The SMILES string of the molecule is CCOc1ccccc1N1CCN(CCCNC(=O)N2C(=O)NC(C)=C(C(=O)OC)C2c2ccc(F)c(F)c2)CC1. The summed E-state index contributed by atoms with van der Waals surface area (Å²) in [5, 5.41) is 5.21. The van der Waals surface area contributed by atoms with Crippen LogP contribution in [0.4, 0.5) is 24.1 Å². The lowest BCUT2D eigenvalue weighted by Crippen LogP contribution is -2.54. The van der Waals surface area contributed by atoms with Crippen molar-refractivity contribution in [2.24, 2.45) is 0 Å². The van der Waals surface area contributed by atoms with E-state index in [-0.39, 0.29) is 23.4 Å². The van der Waals surface area contributed by atoms with Crippen molar-refractivity contribution >= 4 is 23.7 Å². The fourth-order valence-electron chi connectivity index (χ4n) is 5.11. The zero-order valence-electron chi connectivity index (χ0n) is 23.4. The second kappa shape index (κ2) is 13.4. The van der Waals surface area contributed by atoms with Crippen LogP contribution < -0.4 is 20.3 Å². The number of urea groups is 2. The molecule has 2 N–H and O–H groups in total. The lowest BCUT2D eigenvalue weighted by Gasteiger charge is -2.37. The van der Waals surface area contributed by atoms with Gasteiger partial charge in [-0.15, -0.1) is 0 Å². The van der Waals surface area contributed by atoms with Crippen LogP contribution in [0.15, 0.2) is 53.7 Å². The van der Waals surface area contributed by atoms with E-state index in [0.717, 1.165) is 68.3 Å². The van der Waals surface area contributed by atoms with E-state index in [1.165, 1.54) is 13.0 Å². The van der Waals surface area contributed by atoms with Gasteiger partial charge in [0, 0.05) is 38.4 Å². The monoisotopic (exact) mass is 571 g/mol. The van der Waals surface area contributed by atoms with E-state index in [9.17, 15) is 23.2 Å². The summed E-state index contributed by atoms with van der Waals surface area (Å²) >= 11 is 0. The first-order valence-corrected chi connectivity index (χ1v) is 13.6. The Bertz CT molecular complexity index is 1310. The van der Waals surface area contributed by atoms with Crippen molar-refractivity contribution in [3.05, 3.63) is 70.9 Å². The Balaban J connectivity index is 1.36. The van der Waals surface area contributed by atoms with Crippen LogP contribution in [-0.4, -0.2) is 80.8 Å². The van der Waals surface area contributed by atoms with Crippen LogP contribution in [0.5, 0.6) is 5.75 Å². The number of hydrogen-bond donors (Lipinski definition) is 2.